The molecule has 9 nitrogen and oxygen atoms in total. The molecule has 0 bridgehead atoms. The maximum absolute atomic E-state index is 8.79. The zero-order valence-corrected chi connectivity index (χ0v) is 16.0. The van der Waals surface area contributed by atoms with E-state index in [9.17, 15) is 0 Å². The molecular weight excluding hydrogens is 390 g/mol. The van der Waals surface area contributed by atoms with Gasteiger partial charge < -0.3 is 15.7 Å². The topological polar surface area (TPSA) is 128 Å². The summed E-state index contributed by atoms with van der Waals surface area (Å²) in [6.07, 6.45) is 5.20. The molecule has 4 aromatic rings. The molecule has 0 radical (unpaired) electrons. The number of anilines is 2. The molecule has 0 aliphatic rings. The number of aromatic nitrogens is 4. The lowest BCUT2D eigenvalue weighted by atomic mass is 10.2. The van der Waals surface area contributed by atoms with Gasteiger partial charge >= 0.3 is 0 Å². The number of carbonyl (C=O) groups is 1. The van der Waals surface area contributed by atoms with E-state index in [0.29, 0.717) is 18.7 Å². The van der Waals surface area contributed by atoms with Crippen molar-refractivity contribution in [1.29, 1.82) is 5.26 Å². The van der Waals surface area contributed by atoms with Crippen LogP contribution >= 0.6 is 11.3 Å². The number of carboxylic acid groups (broad SMARTS) is 1. The maximum Gasteiger partial charge on any atom is 0.290 e. The monoisotopic (exact) mass is 407 g/mol. The fourth-order valence-corrected chi connectivity index (χ4v) is 3.19. The van der Waals surface area contributed by atoms with Crippen molar-refractivity contribution < 1.29 is 9.90 Å². The Labute approximate surface area is 170 Å². The Morgan fingerprint density at radius 2 is 2.07 bits per heavy atom. The molecule has 146 valence electrons. The minimum Gasteiger partial charge on any atom is -0.483 e. The van der Waals surface area contributed by atoms with Crippen LogP contribution in [-0.4, -0.2) is 44.0 Å². The quantitative estimate of drug-likeness (QED) is 0.329. The summed E-state index contributed by atoms with van der Waals surface area (Å²) in [4.78, 5) is 21.7. The zero-order chi connectivity index (χ0) is 20.5. The summed E-state index contributed by atoms with van der Waals surface area (Å²) in [6, 6.07) is 9.62. The molecule has 3 N–H and O–H groups in total. The number of hydrogen-bond donors (Lipinski definition) is 3. The third-order valence-corrected chi connectivity index (χ3v) is 4.50. The van der Waals surface area contributed by atoms with Crippen LogP contribution in [0.5, 0.6) is 0 Å². The lowest BCUT2D eigenvalue weighted by Crippen LogP contribution is -2.16. The molecule has 0 aliphatic carbocycles. The summed E-state index contributed by atoms with van der Waals surface area (Å²) in [5.74, 6) is 1.48. The average Bonchev–Trinajstić information content (AvgIpc) is 3.44. The Bertz CT molecular complexity index is 1100. The summed E-state index contributed by atoms with van der Waals surface area (Å²) < 4.78 is 1.93. The minimum atomic E-state index is -0.250. The van der Waals surface area contributed by atoms with E-state index >= 15 is 0 Å². The van der Waals surface area contributed by atoms with Gasteiger partial charge in [-0.25, -0.2) is 15.0 Å². The van der Waals surface area contributed by atoms with Crippen molar-refractivity contribution >= 4 is 35.2 Å². The van der Waals surface area contributed by atoms with E-state index in [0.717, 1.165) is 28.7 Å². The molecule has 0 unspecified atom stereocenters. The van der Waals surface area contributed by atoms with Crippen molar-refractivity contribution in [2.75, 3.05) is 23.7 Å². The van der Waals surface area contributed by atoms with Gasteiger partial charge in [0.2, 0.25) is 5.95 Å². The molecular formula is C19H17N7O2S. The Morgan fingerprint density at radius 1 is 1.24 bits per heavy atom. The van der Waals surface area contributed by atoms with Crippen molar-refractivity contribution in [2.45, 2.75) is 0 Å². The molecule has 4 aromatic heterocycles. The zero-order valence-electron chi connectivity index (χ0n) is 15.2. The SMILES string of the molecule is N#Cc1ccc(NCCNc2nc(-c3ccsc3)cc3nccn23)nc1.O=CO. The van der Waals surface area contributed by atoms with Gasteiger partial charge in [-0.05, 0) is 23.6 Å². The highest BCUT2D eigenvalue weighted by atomic mass is 32.1. The van der Waals surface area contributed by atoms with Gasteiger partial charge in [0.1, 0.15) is 17.5 Å². The maximum atomic E-state index is 8.79. The molecule has 29 heavy (non-hydrogen) atoms. The Kier molecular flexibility index (Phi) is 6.70. The van der Waals surface area contributed by atoms with Gasteiger partial charge in [0.25, 0.3) is 6.47 Å². The molecule has 0 saturated carbocycles. The van der Waals surface area contributed by atoms with Gasteiger partial charge in [-0.3, -0.25) is 9.20 Å². The molecule has 0 saturated heterocycles. The van der Waals surface area contributed by atoms with E-state index in [1.807, 2.05) is 28.1 Å². The van der Waals surface area contributed by atoms with E-state index in [1.165, 1.54) is 0 Å². The normalized spacial score (nSPS) is 9.90. The van der Waals surface area contributed by atoms with Crippen LogP contribution in [0.15, 0.2) is 53.6 Å². The standard InChI is InChI=1S/C18H15N7S.CH2O2/c19-10-13-1-2-16(23-11-13)20-4-5-22-18-24-15(14-3-8-26-12-14)9-17-21-6-7-25(17)18;2-1-3/h1-3,6-9,11-12H,4-5H2,(H,20,23)(H,22,24);1H,(H,2,3). The second-order valence-corrected chi connectivity index (χ2v) is 6.42. The van der Waals surface area contributed by atoms with Crippen molar-refractivity contribution in [2.24, 2.45) is 0 Å². The molecule has 0 aliphatic heterocycles. The lowest BCUT2D eigenvalue weighted by Gasteiger charge is -2.11. The van der Waals surface area contributed by atoms with Gasteiger partial charge in [-0.15, -0.1) is 0 Å². The lowest BCUT2D eigenvalue weighted by molar-refractivity contribution is -0.122. The second kappa shape index (κ2) is 9.82. The van der Waals surface area contributed by atoms with Crippen LogP contribution in [0.3, 0.4) is 0 Å². The smallest absolute Gasteiger partial charge is 0.290 e. The highest BCUT2D eigenvalue weighted by Crippen LogP contribution is 2.23. The predicted octanol–water partition coefficient (Wildman–Crippen LogP) is 2.95. The van der Waals surface area contributed by atoms with Crippen molar-refractivity contribution in [3.63, 3.8) is 0 Å². The number of thiophene rings is 1. The molecule has 0 aromatic carbocycles. The van der Waals surface area contributed by atoms with E-state index in [2.05, 4.69) is 32.1 Å². The van der Waals surface area contributed by atoms with Crippen LogP contribution in [0.25, 0.3) is 16.9 Å². The number of nitrogens with zero attached hydrogens (tertiary/aromatic N) is 5. The summed E-state index contributed by atoms with van der Waals surface area (Å²) >= 11 is 1.64. The van der Waals surface area contributed by atoms with E-state index in [-0.39, 0.29) is 6.47 Å². The first-order valence-electron chi connectivity index (χ1n) is 8.53. The fraction of sp³-hybridized carbons (Fsp3) is 0.105. The number of imidazole rings is 1. The van der Waals surface area contributed by atoms with Gasteiger partial charge in [-0.2, -0.15) is 16.6 Å². The third-order valence-electron chi connectivity index (χ3n) is 3.81. The summed E-state index contributed by atoms with van der Waals surface area (Å²) in [5, 5.41) is 26.4. The van der Waals surface area contributed by atoms with Crippen molar-refractivity contribution in [1.82, 2.24) is 19.4 Å². The highest BCUT2D eigenvalue weighted by Gasteiger charge is 2.08. The molecule has 4 rings (SSSR count). The molecule has 0 amide bonds. The van der Waals surface area contributed by atoms with Gasteiger partial charge in [-0.1, -0.05) is 0 Å². The molecule has 10 heteroatoms. The Hall–Kier alpha value is -3.97. The second-order valence-electron chi connectivity index (χ2n) is 5.64. The van der Waals surface area contributed by atoms with E-state index in [1.54, 1.807) is 35.9 Å². The molecule has 0 fully saturated rings. The van der Waals surface area contributed by atoms with Crippen LogP contribution in [0.4, 0.5) is 11.8 Å². The summed E-state index contributed by atoms with van der Waals surface area (Å²) in [5.41, 5.74) is 3.38. The molecule has 0 spiro atoms. The summed E-state index contributed by atoms with van der Waals surface area (Å²) in [7, 11) is 0. The van der Waals surface area contributed by atoms with Gasteiger partial charge in [0.15, 0.2) is 0 Å². The van der Waals surface area contributed by atoms with Crippen molar-refractivity contribution in [3.8, 4) is 17.3 Å². The number of nitriles is 1. The first kappa shape index (κ1) is 19.8. The van der Waals surface area contributed by atoms with Gasteiger partial charge in [0.05, 0.1) is 11.3 Å². The Balaban J connectivity index is 0.000000755. The van der Waals surface area contributed by atoms with Crippen LogP contribution in [0, 0.1) is 11.3 Å². The van der Waals surface area contributed by atoms with Crippen LogP contribution in [0.1, 0.15) is 5.56 Å². The average molecular weight is 407 g/mol. The highest BCUT2D eigenvalue weighted by molar-refractivity contribution is 7.08. The number of rotatable bonds is 6. The number of hydrogen-bond acceptors (Lipinski definition) is 8. The first-order chi connectivity index (χ1) is 14.2. The predicted molar refractivity (Wildman–Crippen MR) is 111 cm³/mol. The fourth-order valence-electron chi connectivity index (χ4n) is 2.54. The number of pyridine rings is 1. The first-order valence-corrected chi connectivity index (χ1v) is 9.48. The van der Waals surface area contributed by atoms with Crippen LogP contribution < -0.4 is 10.6 Å². The molecule has 4 heterocycles. The van der Waals surface area contributed by atoms with E-state index < -0.39 is 0 Å². The van der Waals surface area contributed by atoms with E-state index in [4.69, 9.17) is 20.1 Å². The van der Waals surface area contributed by atoms with Crippen LogP contribution in [0.2, 0.25) is 0 Å². The number of nitrogens with one attached hydrogen (secondary N) is 2. The largest absolute Gasteiger partial charge is 0.483 e. The summed E-state index contributed by atoms with van der Waals surface area (Å²) in [6.45, 7) is 1.08. The van der Waals surface area contributed by atoms with Crippen LogP contribution in [-0.2, 0) is 4.79 Å². The minimum absolute atomic E-state index is 0.250. The van der Waals surface area contributed by atoms with Gasteiger partial charge in [0, 0.05) is 48.7 Å². The van der Waals surface area contributed by atoms with Crippen molar-refractivity contribution in [3.05, 3.63) is 59.2 Å². The number of fused-ring (bicyclic) bond motifs is 1. The molecule has 0 atom stereocenters. The third kappa shape index (κ3) is 5.06. The Morgan fingerprint density at radius 3 is 2.76 bits per heavy atom.